The molecule has 8 aromatic carbocycles. The lowest BCUT2D eigenvalue weighted by Gasteiger charge is -2.13. The second-order valence-corrected chi connectivity index (χ2v) is 34.9. The minimum Gasteiger partial charge on any atom is -0.367 e. The first-order valence-corrected chi connectivity index (χ1v) is 45.4. The summed E-state index contributed by atoms with van der Waals surface area (Å²) in [6, 6.07) is 35.0. The van der Waals surface area contributed by atoms with Gasteiger partial charge >= 0.3 is 6.03 Å². The highest BCUT2D eigenvalue weighted by atomic mass is 35.5. The van der Waals surface area contributed by atoms with Crippen LogP contribution in [0.3, 0.4) is 0 Å². The summed E-state index contributed by atoms with van der Waals surface area (Å²) >= 11 is 19.4. The van der Waals surface area contributed by atoms with Crippen LogP contribution in [0, 0.1) is 52.5 Å². The predicted molar refractivity (Wildman–Crippen MR) is 515 cm³/mol. The largest absolute Gasteiger partial charge is 0.367 e. The third-order valence-electron chi connectivity index (χ3n) is 22.9. The predicted octanol–water partition coefficient (Wildman–Crippen LogP) is 19.0. The number of rotatable bonds is 26. The Morgan fingerprint density at radius 1 is 0.417 bits per heavy atom. The van der Waals surface area contributed by atoms with Gasteiger partial charge < -0.3 is 57.7 Å². The van der Waals surface area contributed by atoms with Crippen molar-refractivity contribution < 1.29 is 59.1 Å². The second-order valence-electron chi connectivity index (χ2n) is 33.7. The number of nitrogens with zero attached hydrogens (tertiary/aromatic N) is 15. The molecule has 0 saturated heterocycles. The minimum absolute atomic E-state index is 0.171. The molecule has 18 aromatic rings. The molecule has 0 aliphatic heterocycles. The molecule has 0 unspecified atom stereocenters. The number of aromatic nitrogens is 15. The van der Waals surface area contributed by atoms with Gasteiger partial charge in [-0.15, -0.1) is 0 Å². The van der Waals surface area contributed by atoms with E-state index in [2.05, 4.69) is 117 Å². The van der Waals surface area contributed by atoms with Crippen LogP contribution < -0.4 is 53.2 Å². The lowest BCUT2D eigenvalue weighted by atomic mass is 10.1. The van der Waals surface area contributed by atoms with Gasteiger partial charge in [0.05, 0.1) is 130 Å². The summed E-state index contributed by atoms with van der Waals surface area (Å²) in [5.41, 5.74) is 12.2. The summed E-state index contributed by atoms with van der Waals surface area (Å²) in [6.45, 7) is 8.63. The summed E-state index contributed by atoms with van der Waals surface area (Å²) < 4.78 is 122. The molecular formula is C98H84Cl3F8N25O5. The van der Waals surface area contributed by atoms with Gasteiger partial charge in [-0.05, 0) is 117 Å². The van der Waals surface area contributed by atoms with Crippen LogP contribution in [0.1, 0.15) is 102 Å². The van der Waals surface area contributed by atoms with Crippen molar-refractivity contribution in [1.82, 2.24) is 98.6 Å². The maximum atomic E-state index is 14.3. The molecule has 139 heavy (non-hydrogen) atoms. The number of urea groups is 1. The van der Waals surface area contributed by atoms with Crippen LogP contribution in [0.5, 0.6) is 0 Å². The highest BCUT2D eigenvalue weighted by Crippen LogP contribution is 2.39. The molecule has 30 nitrogen and oxygen atoms in total. The van der Waals surface area contributed by atoms with E-state index in [4.69, 9.17) is 34.8 Å². The van der Waals surface area contributed by atoms with Gasteiger partial charge in [0.25, 0.3) is 17.7 Å². The molecule has 41 heteroatoms. The van der Waals surface area contributed by atoms with Crippen LogP contribution in [0.25, 0.3) is 112 Å². The number of amides is 6. The molecule has 0 spiro atoms. The highest BCUT2D eigenvalue weighted by Gasteiger charge is 2.31. The van der Waals surface area contributed by atoms with Gasteiger partial charge in [0.15, 0.2) is 92.4 Å². The third-order valence-corrected chi connectivity index (χ3v) is 23.9. The number of benzene rings is 8. The lowest BCUT2D eigenvalue weighted by Crippen LogP contribution is -2.26. The Bertz CT molecular complexity index is 7830. The number of carbonyl (C=O) groups excluding carboxylic acids is 5. The summed E-state index contributed by atoms with van der Waals surface area (Å²) in [4.78, 5) is 104. The maximum absolute atomic E-state index is 14.3. The fourth-order valence-corrected chi connectivity index (χ4v) is 16.3. The molecule has 3 aliphatic carbocycles. The average Bonchev–Trinajstić information content (AvgIpc) is 1.64. The van der Waals surface area contributed by atoms with Gasteiger partial charge in [0, 0.05) is 173 Å². The van der Waals surface area contributed by atoms with Gasteiger partial charge in [0.1, 0.15) is 0 Å². The molecule has 3 fully saturated rings. The monoisotopic (exact) mass is 1950 g/mol. The maximum Gasteiger partial charge on any atom is 0.318 e. The van der Waals surface area contributed by atoms with Gasteiger partial charge in [-0.3, -0.25) is 41.8 Å². The van der Waals surface area contributed by atoms with Crippen molar-refractivity contribution in [2.75, 3.05) is 59.8 Å². The van der Waals surface area contributed by atoms with E-state index in [-0.39, 0.29) is 69.4 Å². The molecule has 0 bridgehead atoms. The number of aryl methyl sites for hydroxylation is 1. The molecular weight excluding hydrogens is 1870 g/mol. The smallest absolute Gasteiger partial charge is 0.318 e. The van der Waals surface area contributed by atoms with E-state index in [0.717, 1.165) is 111 Å². The van der Waals surface area contributed by atoms with Gasteiger partial charge in [-0.2, -0.15) is 0 Å². The Morgan fingerprint density at radius 2 is 0.777 bits per heavy atom. The molecule has 0 atom stereocenters. The molecule has 10 N–H and O–H groups in total. The van der Waals surface area contributed by atoms with Crippen LogP contribution >= 0.6 is 34.8 Å². The quantitative estimate of drug-likeness (QED) is 0.0178. The number of imidazole rings is 5. The van der Waals surface area contributed by atoms with Gasteiger partial charge in [-0.25, -0.2) is 84.8 Å². The minimum atomic E-state index is -1.02. The highest BCUT2D eigenvalue weighted by molar-refractivity contribution is 6.35. The standard InChI is InChI=1S/C26H22ClF2N7O.C24H21ClF2N6O2.C24H22ClF2N5O.C24H19F2N7O/c27-18-10-15(2-5-17(18)26(37)33-16-3-4-16)23-13-32-25-24(31-6-1-8-35-9-7-30-14-35)34-21-11-19(28)20(29)12-22(21)36(23)25;1-12(34)28-6-7-29-22-23-30-11-21(33(23)20-10-18(27)17(26)9-19(20)32-22)13-2-5-15(16(25)8-13)24(35)31-14-3-4-14;1-12(2)10-28-22-23-29-11-21(32(23)20-9-18(27)17(26)8-19(20)31-22)13-3-6-15(16(25)7-13)24(33)30-14-4-5-14;1-27-24(34)31-16-4-2-15(3-5-16)21-13-30-23-22(29-12-14-6-8-28-9-7-14)32-19-10-17(25)18(26)11-20(19)33(21)23/h2,5,7,9-14,16H,1,3-4,6,8H2,(H,31,34)(H,33,37);2,5,8-11,14H,3-4,6-7H2,1H3,(H,28,34)(H,29,32)(H,31,35);3,6-9,11-12,14H,4-5,10H2,1-2H3,(H,28,31)(H,30,33);2-11,13H,12H2,1H3,(H,29,32)(H2,27,31,34). The van der Waals surface area contributed by atoms with E-state index < -0.39 is 46.5 Å². The average molecular weight is 1950 g/mol. The molecule has 10 aromatic heterocycles. The van der Waals surface area contributed by atoms with Crippen molar-refractivity contribution >= 4 is 160 Å². The van der Waals surface area contributed by atoms with Crippen molar-refractivity contribution in [2.45, 2.75) is 96.9 Å². The SMILES string of the molecule is CC(=O)NCCNc1nc2cc(F)c(F)cc2n2c(-c3ccc(C(=O)NC4CC4)c(Cl)c3)cnc12.CC(C)CNc1nc2cc(F)c(F)cc2n2c(-c3ccc(C(=O)NC4CC4)c(Cl)c3)cnc12.CNC(=O)Nc1ccc(-c2cnc3c(NCc4ccncc4)nc4cc(F)c(F)cc4n23)cc1.O=C(NC1CC1)c1ccc(-c2cnc3c(NCCCn4ccnc4)nc4cc(F)c(F)cc4n23)cc1Cl. The van der Waals surface area contributed by atoms with Crippen LogP contribution in [-0.2, 0) is 17.9 Å². The third kappa shape index (κ3) is 20.9. The van der Waals surface area contributed by atoms with Gasteiger partial charge in [-0.1, -0.05) is 79.0 Å². The zero-order valence-electron chi connectivity index (χ0n) is 74.4. The Labute approximate surface area is 800 Å². The number of pyridine rings is 1. The fourth-order valence-electron chi connectivity index (χ4n) is 15.5. The molecule has 6 amide bonds. The molecule has 708 valence electrons. The van der Waals surface area contributed by atoms with E-state index in [0.29, 0.717) is 184 Å². The zero-order chi connectivity index (χ0) is 97.1. The molecule has 0 radical (unpaired) electrons. The van der Waals surface area contributed by atoms with Crippen LogP contribution in [0.15, 0.2) is 195 Å². The Balaban J connectivity index is 0.000000123. The molecule has 21 rings (SSSR count). The van der Waals surface area contributed by atoms with E-state index in [1.54, 1.807) is 134 Å². The molecule has 10 heterocycles. The number of carbonyl (C=O) groups is 5. The summed E-state index contributed by atoms with van der Waals surface area (Å²) in [7, 11) is 1.53. The number of hydrogen-bond acceptors (Lipinski definition) is 19. The number of halogens is 11. The van der Waals surface area contributed by atoms with E-state index in [9.17, 15) is 59.1 Å². The number of anilines is 5. The first-order valence-electron chi connectivity index (χ1n) is 44.3. The fraction of sp³-hybridized carbons (Fsp3) is 0.214. The summed E-state index contributed by atoms with van der Waals surface area (Å²) in [6.07, 6.45) is 21.8. The summed E-state index contributed by atoms with van der Waals surface area (Å²) in [5.74, 6) is -6.71. The normalized spacial score (nSPS) is 12.9. The van der Waals surface area contributed by atoms with Crippen molar-refractivity contribution in [1.29, 1.82) is 0 Å². The van der Waals surface area contributed by atoms with E-state index in [1.807, 2.05) is 35.0 Å². The molecule has 3 saturated carbocycles. The number of nitrogens with one attached hydrogen (secondary N) is 10. The lowest BCUT2D eigenvalue weighted by molar-refractivity contribution is -0.118. The zero-order valence-corrected chi connectivity index (χ0v) is 76.7. The van der Waals surface area contributed by atoms with Crippen molar-refractivity contribution in [3.8, 4) is 45.0 Å². The van der Waals surface area contributed by atoms with Crippen molar-refractivity contribution in [3.63, 3.8) is 0 Å². The van der Waals surface area contributed by atoms with E-state index in [1.165, 1.54) is 14.0 Å². The second kappa shape index (κ2) is 40.3. The number of fused-ring (bicyclic) bond motifs is 12. The number of hydrogen-bond donors (Lipinski definition) is 10. The molecule has 3 aliphatic rings. The first-order chi connectivity index (χ1) is 67.1. The van der Waals surface area contributed by atoms with Crippen molar-refractivity contribution in [3.05, 3.63) is 279 Å². The van der Waals surface area contributed by atoms with Crippen LogP contribution in [0.2, 0.25) is 15.1 Å². The summed E-state index contributed by atoms with van der Waals surface area (Å²) in [5, 5.41) is 30.3. The van der Waals surface area contributed by atoms with Crippen molar-refractivity contribution in [2.24, 2.45) is 5.92 Å². The Morgan fingerprint density at radius 3 is 1.13 bits per heavy atom. The topological polar surface area (TPSA) is 357 Å². The van der Waals surface area contributed by atoms with Crippen LogP contribution in [0.4, 0.5) is 68.9 Å². The first kappa shape index (κ1) is 93.7. The van der Waals surface area contributed by atoms with Crippen LogP contribution in [-0.4, -0.2) is 153 Å². The van der Waals surface area contributed by atoms with Gasteiger partial charge in [0.2, 0.25) is 5.91 Å². The Kier molecular flexibility index (Phi) is 27.2. The van der Waals surface area contributed by atoms with E-state index >= 15 is 0 Å². The Hall–Kier alpha value is -15.7.